The third kappa shape index (κ3) is 3.65. The highest BCUT2D eigenvalue weighted by atomic mass is 19.4. The molecule has 4 aliphatic rings. The Kier molecular flexibility index (Phi) is 5.92. The molecule has 3 nitrogen and oxygen atoms in total. The highest BCUT2D eigenvalue weighted by molar-refractivity contribution is 5.90. The molecule has 36 heavy (non-hydrogen) atoms. The predicted molar refractivity (Wildman–Crippen MR) is 124 cm³/mol. The molecule has 0 spiro atoms. The minimum absolute atomic E-state index is 0.0346. The molecule has 1 N–H and O–H groups in total. The number of ketones is 1. The van der Waals surface area contributed by atoms with Gasteiger partial charge in [-0.1, -0.05) is 50.3 Å². The van der Waals surface area contributed by atoms with Crippen molar-refractivity contribution in [1.82, 2.24) is 5.32 Å². The van der Waals surface area contributed by atoms with E-state index >= 15 is 0 Å². The van der Waals surface area contributed by atoms with Crippen molar-refractivity contribution in [3.63, 3.8) is 0 Å². The van der Waals surface area contributed by atoms with Gasteiger partial charge in [-0.05, 0) is 73.3 Å². The Labute approximate surface area is 207 Å². The summed E-state index contributed by atoms with van der Waals surface area (Å²) in [5, 5.41) is 3.08. The molecule has 3 fully saturated rings. The van der Waals surface area contributed by atoms with Gasteiger partial charge in [0.15, 0.2) is 0 Å². The first-order valence-corrected chi connectivity index (χ1v) is 12.8. The van der Waals surface area contributed by atoms with Crippen molar-refractivity contribution in [3.8, 4) is 0 Å². The third-order valence-electron chi connectivity index (χ3n) is 10.2. The molecule has 0 bridgehead atoms. The Morgan fingerprint density at radius 2 is 1.67 bits per heavy atom. The molecule has 3 saturated carbocycles. The zero-order chi connectivity index (χ0) is 26.1. The van der Waals surface area contributed by atoms with Crippen molar-refractivity contribution in [2.45, 2.75) is 76.4 Å². The van der Waals surface area contributed by atoms with Gasteiger partial charge in [0.1, 0.15) is 11.7 Å². The third-order valence-corrected chi connectivity index (χ3v) is 10.2. The van der Waals surface area contributed by atoms with Crippen molar-refractivity contribution in [2.24, 2.45) is 34.5 Å². The van der Waals surface area contributed by atoms with Gasteiger partial charge < -0.3 is 5.32 Å². The van der Waals surface area contributed by atoms with Gasteiger partial charge in [0, 0.05) is 17.4 Å². The van der Waals surface area contributed by atoms with Crippen molar-refractivity contribution >= 4 is 11.7 Å². The zero-order valence-corrected chi connectivity index (χ0v) is 20.5. The summed E-state index contributed by atoms with van der Waals surface area (Å²) >= 11 is 0. The van der Waals surface area contributed by atoms with E-state index in [0.717, 1.165) is 19.3 Å². The SMILES string of the molecule is C[C@]12CC[C@H]3[C@@H](CCC4NC(=O)C=C[C@@]43C)[C@@H]1CC[C@@H]2C(=O)C(c1ccccc1)C(F)(F)C(F)(F)F. The maximum atomic E-state index is 14.9. The predicted octanol–water partition coefficient (Wildman–Crippen LogP) is 6.45. The molecule has 1 amide bonds. The molecule has 8 atom stereocenters. The van der Waals surface area contributed by atoms with E-state index in [1.165, 1.54) is 30.3 Å². The van der Waals surface area contributed by atoms with Crippen LogP contribution in [0.15, 0.2) is 42.5 Å². The number of carbonyl (C=O) groups excluding carboxylic acids is 2. The summed E-state index contributed by atoms with van der Waals surface area (Å²) in [7, 11) is 0. The van der Waals surface area contributed by atoms with E-state index in [9.17, 15) is 31.5 Å². The topological polar surface area (TPSA) is 46.2 Å². The number of nitrogens with one attached hydrogen (secondary N) is 1. The Hall–Kier alpha value is -2.25. The minimum atomic E-state index is -5.83. The number of benzene rings is 1. The maximum absolute atomic E-state index is 14.9. The van der Waals surface area contributed by atoms with Crippen LogP contribution in [0, 0.1) is 34.5 Å². The molecule has 0 aromatic heterocycles. The molecule has 1 aliphatic heterocycles. The van der Waals surface area contributed by atoms with E-state index in [4.69, 9.17) is 0 Å². The van der Waals surface area contributed by atoms with Crippen LogP contribution in [0.4, 0.5) is 22.0 Å². The van der Waals surface area contributed by atoms with Gasteiger partial charge in [0.2, 0.25) is 5.91 Å². The molecule has 196 valence electrons. The lowest BCUT2D eigenvalue weighted by Crippen LogP contribution is -2.59. The highest BCUT2D eigenvalue weighted by Crippen LogP contribution is 2.66. The summed E-state index contributed by atoms with van der Waals surface area (Å²) in [6.45, 7) is 4.09. The Morgan fingerprint density at radius 3 is 2.33 bits per heavy atom. The molecular weight excluding hydrogens is 477 g/mol. The number of carbonyl (C=O) groups is 2. The Morgan fingerprint density at radius 1 is 0.972 bits per heavy atom. The van der Waals surface area contributed by atoms with E-state index in [1.807, 2.05) is 13.0 Å². The standard InChI is InChI=1S/C28H32F5NO2/c1-25-14-12-19-17(8-11-21-26(19,2)15-13-22(35)34-21)18(25)9-10-20(25)24(36)23(16-6-4-3-5-7-16)27(29,30)28(31,32)33/h3-7,13,15,17-21,23H,8-12,14H2,1-2H3,(H,34,35)/t17-,18-,19-,20+,21?,23?,25-,26+/m0/s1. The molecule has 1 heterocycles. The first-order chi connectivity index (χ1) is 16.8. The van der Waals surface area contributed by atoms with Gasteiger partial charge in [-0.3, -0.25) is 9.59 Å². The summed E-state index contributed by atoms with van der Waals surface area (Å²) in [5.41, 5.74) is -1.14. The van der Waals surface area contributed by atoms with Gasteiger partial charge in [-0.25, -0.2) is 0 Å². The molecule has 0 radical (unpaired) electrons. The normalized spacial score (nSPS) is 39.0. The van der Waals surface area contributed by atoms with E-state index in [-0.39, 0.29) is 40.7 Å². The van der Waals surface area contributed by atoms with E-state index < -0.39 is 35.1 Å². The monoisotopic (exact) mass is 509 g/mol. The first-order valence-electron chi connectivity index (χ1n) is 12.8. The van der Waals surface area contributed by atoms with Crippen molar-refractivity contribution < 1.29 is 31.5 Å². The lowest BCUT2D eigenvalue weighted by atomic mass is 9.47. The molecule has 1 aromatic carbocycles. The van der Waals surface area contributed by atoms with E-state index in [1.54, 1.807) is 6.08 Å². The van der Waals surface area contributed by atoms with Crippen molar-refractivity contribution in [2.75, 3.05) is 0 Å². The fourth-order valence-corrected chi connectivity index (χ4v) is 8.36. The minimum Gasteiger partial charge on any atom is -0.349 e. The fraction of sp³-hybridized carbons (Fsp3) is 0.643. The second-order valence-electron chi connectivity index (χ2n) is 11.8. The van der Waals surface area contributed by atoms with Crippen LogP contribution in [0.2, 0.25) is 0 Å². The van der Waals surface area contributed by atoms with Crippen LogP contribution in [0.3, 0.4) is 0 Å². The second kappa shape index (κ2) is 8.38. The molecule has 2 unspecified atom stereocenters. The fourth-order valence-electron chi connectivity index (χ4n) is 8.36. The number of amides is 1. The van der Waals surface area contributed by atoms with Crippen molar-refractivity contribution in [1.29, 1.82) is 0 Å². The van der Waals surface area contributed by atoms with Crippen LogP contribution >= 0.6 is 0 Å². The van der Waals surface area contributed by atoms with Crippen LogP contribution in [0.25, 0.3) is 0 Å². The molecule has 5 rings (SSSR count). The van der Waals surface area contributed by atoms with Crippen LogP contribution in [0.1, 0.15) is 63.9 Å². The number of fused-ring (bicyclic) bond motifs is 5. The summed E-state index contributed by atoms with van der Waals surface area (Å²) in [6, 6.07) is 6.74. The van der Waals surface area contributed by atoms with Gasteiger partial charge in [0.05, 0.1) is 0 Å². The van der Waals surface area contributed by atoms with Gasteiger partial charge in [0.25, 0.3) is 0 Å². The lowest BCUT2D eigenvalue weighted by molar-refractivity contribution is -0.289. The summed E-state index contributed by atoms with van der Waals surface area (Å²) in [6.07, 6.45) is 1.71. The average Bonchev–Trinajstić information content (AvgIpc) is 3.17. The zero-order valence-electron chi connectivity index (χ0n) is 20.5. The Bertz CT molecular complexity index is 1070. The maximum Gasteiger partial charge on any atom is 0.454 e. The summed E-state index contributed by atoms with van der Waals surface area (Å²) in [4.78, 5) is 25.7. The number of rotatable bonds is 4. The van der Waals surface area contributed by atoms with Crippen LogP contribution in [0.5, 0.6) is 0 Å². The lowest BCUT2D eigenvalue weighted by Gasteiger charge is -2.58. The van der Waals surface area contributed by atoms with Crippen LogP contribution in [-0.2, 0) is 9.59 Å². The molecule has 8 heteroatoms. The molecular formula is C28H32F5NO2. The highest BCUT2D eigenvalue weighted by Gasteiger charge is 2.68. The van der Waals surface area contributed by atoms with Gasteiger partial charge >= 0.3 is 12.1 Å². The van der Waals surface area contributed by atoms with Crippen LogP contribution < -0.4 is 5.32 Å². The summed E-state index contributed by atoms with van der Waals surface area (Å²) < 4.78 is 70.4. The molecule has 0 saturated heterocycles. The number of alkyl halides is 5. The first kappa shape index (κ1) is 25.4. The number of Topliss-reactive ketones (excluding diaryl/α,β-unsaturated/α-hetero) is 1. The van der Waals surface area contributed by atoms with Gasteiger partial charge in [-0.2, -0.15) is 22.0 Å². The number of hydrogen-bond donors (Lipinski definition) is 1. The largest absolute Gasteiger partial charge is 0.454 e. The van der Waals surface area contributed by atoms with E-state index in [0.29, 0.717) is 19.3 Å². The second-order valence-corrected chi connectivity index (χ2v) is 11.8. The van der Waals surface area contributed by atoms with E-state index in [2.05, 4.69) is 12.2 Å². The smallest absolute Gasteiger partial charge is 0.349 e. The quantitative estimate of drug-likeness (QED) is 0.474. The number of halogens is 5. The van der Waals surface area contributed by atoms with Gasteiger partial charge in [-0.15, -0.1) is 0 Å². The van der Waals surface area contributed by atoms with Crippen molar-refractivity contribution in [3.05, 3.63) is 48.0 Å². The average molecular weight is 510 g/mol. The molecule has 1 aromatic rings. The Balaban J connectivity index is 1.47. The van der Waals surface area contributed by atoms with Crippen LogP contribution in [-0.4, -0.2) is 29.8 Å². The number of hydrogen-bond acceptors (Lipinski definition) is 2. The molecule has 3 aliphatic carbocycles. The summed E-state index contributed by atoms with van der Waals surface area (Å²) in [5.74, 6) is -9.08.